The molecule has 8 heteroatoms. The zero-order chi connectivity index (χ0) is 21.5. The molecule has 0 saturated carbocycles. The second-order valence-corrected chi connectivity index (χ2v) is 6.99. The van der Waals surface area contributed by atoms with E-state index in [2.05, 4.69) is 22.8 Å². The lowest BCUT2D eigenvalue weighted by Gasteiger charge is -2.14. The average molecular weight is 412 g/mol. The second-order valence-electron chi connectivity index (χ2n) is 6.99. The summed E-state index contributed by atoms with van der Waals surface area (Å²) in [6.45, 7) is 0.320. The monoisotopic (exact) mass is 412 g/mol. The molecular formula is C22H24N2O6. The molecule has 4 N–H and O–H groups in total. The number of aliphatic hydroxyl groups excluding tert-OH is 1. The summed E-state index contributed by atoms with van der Waals surface area (Å²) in [7, 11) is 0. The van der Waals surface area contributed by atoms with Crippen molar-refractivity contribution in [2.75, 3.05) is 19.7 Å². The molecule has 0 radical (unpaired) electrons. The lowest BCUT2D eigenvalue weighted by atomic mass is 9.98. The van der Waals surface area contributed by atoms with E-state index in [1.807, 2.05) is 36.4 Å². The molecule has 0 spiro atoms. The first-order valence-corrected chi connectivity index (χ1v) is 9.73. The predicted molar refractivity (Wildman–Crippen MR) is 109 cm³/mol. The number of carbonyl (C=O) groups excluding carboxylic acids is 2. The Kier molecular flexibility index (Phi) is 7.03. The molecule has 3 rings (SSSR count). The number of fused-ring (bicyclic) bond motifs is 3. The number of aliphatic carboxylic acids is 1. The molecule has 0 aliphatic heterocycles. The van der Waals surface area contributed by atoms with Gasteiger partial charge in [-0.2, -0.15) is 0 Å². The number of hydrogen-bond acceptors (Lipinski definition) is 5. The number of benzene rings is 2. The minimum atomic E-state index is -1.51. The molecule has 0 bridgehead atoms. The van der Waals surface area contributed by atoms with Crippen LogP contribution in [0.4, 0.5) is 4.79 Å². The van der Waals surface area contributed by atoms with Crippen molar-refractivity contribution in [1.82, 2.24) is 10.6 Å². The molecule has 2 aromatic carbocycles. The number of hydrogen-bond donors (Lipinski definition) is 4. The van der Waals surface area contributed by atoms with Gasteiger partial charge in [0.05, 0.1) is 0 Å². The summed E-state index contributed by atoms with van der Waals surface area (Å²) in [5.41, 5.74) is 4.53. The zero-order valence-corrected chi connectivity index (χ0v) is 16.3. The summed E-state index contributed by atoms with van der Waals surface area (Å²) in [5, 5.41) is 22.7. The van der Waals surface area contributed by atoms with E-state index < -0.39 is 18.2 Å². The molecule has 158 valence electrons. The number of ether oxygens (including phenoxy) is 1. The zero-order valence-electron chi connectivity index (χ0n) is 16.3. The fourth-order valence-corrected chi connectivity index (χ4v) is 3.49. The lowest BCUT2D eigenvalue weighted by Crippen LogP contribution is -2.33. The van der Waals surface area contributed by atoms with E-state index in [4.69, 9.17) is 14.9 Å². The van der Waals surface area contributed by atoms with E-state index in [0.29, 0.717) is 0 Å². The first-order chi connectivity index (χ1) is 14.5. The van der Waals surface area contributed by atoms with Crippen LogP contribution in [0.15, 0.2) is 48.5 Å². The number of carboxylic acids is 1. The van der Waals surface area contributed by atoms with Gasteiger partial charge in [-0.1, -0.05) is 48.5 Å². The van der Waals surface area contributed by atoms with Crippen molar-refractivity contribution in [3.8, 4) is 11.1 Å². The summed E-state index contributed by atoms with van der Waals surface area (Å²) in [4.78, 5) is 34.2. The standard InChI is InChI=1S/C22H24N2O6/c25-19(21(27)28)9-11-23-20(26)10-12-24-22(29)30-13-18-16-7-3-1-5-14(16)15-6-2-4-8-17(15)18/h1-8,18-19,25H,9-13H2,(H,23,26)(H,24,29)(H,27,28). The number of rotatable bonds is 9. The van der Waals surface area contributed by atoms with Crippen LogP contribution < -0.4 is 10.6 Å². The van der Waals surface area contributed by atoms with Gasteiger partial charge in [0.15, 0.2) is 6.10 Å². The van der Waals surface area contributed by atoms with Crippen molar-refractivity contribution in [2.45, 2.75) is 24.9 Å². The minimum absolute atomic E-state index is 0.0212. The Morgan fingerprint density at radius 2 is 1.53 bits per heavy atom. The van der Waals surface area contributed by atoms with E-state index >= 15 is 0 Å². The summed E-state index contributed by atoms with van der Waals surface area (Å²) in [5.74, 6) is -1.72. The predicted octanol–water partition coefficient (Wildman–Crippen LogP) is 1.87. The second kappa shape index (κ2) is 9.89. The molecule has 8 nitrogen and oxygen atoms in total. The highest BCUT2D eigenvalue weighted by atomic mass is 16.5. The van der Waals surface area contributed by atoms with Gasteiger partial charge in [-0.15, -0.1) is 0 Å². The van der Waals surface area contributed by atoms with Gasteiger partial charge >= 0.3 is 12.1 Å². The number of aliphatic hydroxyl groups is 1. The Balaban J connectivity index is 1.41. The highest BCUT2D eigenvalue weighted by Gasteiger charge is 2.28. The van der Waals surface area contributed by atoms with Crippen LogP contribution in [0.5, 0.6) is 0 Å². The van der Waals surface area contributed by atoms with E-state index in [0.717, 1.165) is 22.3 Å². The third-order valence-electron chi connectivity index (χ3n) is 4.99. The SMILES string of the molecule is O=C(CCNC(=O)OCC1c2ccccc2-c2ccccc21)NCCC(O)C(=O)O. The van der Waals surface area contributed by atoms with Crippen molar-refractivity contribution in [3.05, 3.63) is 59.7 Å². The molecular weight excluding hydrogens is 388 g/mol. The molecule has 0 fully saturated rings. The third kappa shape index (κ3) is 5.15. The van der Waals surface area contributed by atoms with Crippen molar-refractivity contribution >= 4 is 18.0 Å². The summed E-state index contributed by atoms with van der Waals surface area (Å²) < 4.78 is 5.38. The number of amides is 2. The van der Waals surface area contributed by atoms with Crippen LogP contribution in [-0.4, -0.2) is 54.0 Å². The summed E-state index contributed by atoms with van der Waals surface area (Å²) >= 11 is 0. The third-order valence-corrected chi connectivity index (χ3v) is 4.99. The maximum absolute atomic E-state index is 12.0. The van der Waals surface area contributed by atoms with E-state index in [9.17, 15) is 14.4 Å². The Hall–Kier alpha value is -3.39. The van der Waals surface area contributed by atoms with Gasteiger partial charge in [-0.3, -0.25) is 4.79 Å². The molecule has 1 aliphatic carbocycles. The topological polar surface area (TPSA) is 125 Å². The summed E-state index contributed by atoms with van der Waals surface area (Å²) in [6, 6.07) is 16.1. The normalized spacial score (nSPS) is 13.1. The highest BCUT2D eigenvalue weighted by molar-refractivity contribution is 5.79. The molecule has 2 aromatic rings. The number of carboxylic acid groups (broad SMARTS) is 1. The molecule has 0 aromatic heterocycles. The van der Waals surface area contributed by atoms with E-state index in [1.165, 1.54) is 0 Å². The van der Waals surface area contributed by atoms with Crippen molar-refractivity contribution in [1.29, 1.82) is 0 Å². The van der Waals surface area contributed by atoms with Gasteiger partial charge in [-0.05, 0) is 22.3 Å². The fourth-order valence-electron chi connectivity index (χ4n) is 3.49. The Bertz CT molecular complexity index is 884. The molecule has 1 unspecified atom stereocenters. The van der Waals surface area contributed by atoms with Gasteiger partial charge < -0.3 is 25.6 Å². The van der Waals surface area contributed by atoms with Crippen LogP contribution in [0.25, 0.3) is 11.1 Å². The Morgan fingerprint density at radius 1 is 0.933 bits per heavy atom. The maximum Gasteiger partial charge on any atom is 0.407 e. The minimum Gasteiger partial charge on any atom is -0.479 e. The van der Waals surface area contributed by atoms with E-state index in [1.54, 1.807) is 0 Å². The van der Waals surface area contributed by atoms with Gasteiger partial charge in [0.25, 0.3) is 0 Å². The molecule has 1 aliphatic rings. The van der Waals surface area contributed by atoms with Crippen LogP contribution in [0.2, 0.25) is 0 Å². The van der Waals surface area contributed by atoms with Crippen molar-refractivity contribution < 1.29 is 29.3 Å². The van der Waals surface area contributed by atoms with Crippen LogP contribution >= 0.6 is 0 Å². The van der Waals surface area contributed by atoms with Crippen molar-refractivity contribution in [3.63, 3.8) is 0 Å². The van der Waals surface area contributed by atoms with E-state index in [-0.39, 0.29) is 44.4 Å². The van der Waals surface area contributed by atoms with Crippen molar-refractivity contribution in [2.24, 2.45) is 0 Å². The fraction of sp³-hybridized carbons (Fsp3) is 0.318. The van der Waals surface area contributed by atoms with Crippen LogP contribution in [0, 0.1) is 0 Å². The largest absolute Gasteiger partial charge is 0.479 e. The molecule has 30 heavy (non-hydrogen) atoms. The van der Waals surface area contributed by atoms with Crippen LogP contribution in [0.1, 0.15) is 29.9 Å². The molecule has 0 saturated heterocycles. The number of nitrogens with one attached hydrogen (secondary N) is 2. The molecule has 0 heterocycles. The van der Waals surface area contributed by atoms with Crippen LogP contribution in [0.3, 0.4) is 0 Å². The average Bonchev–Trinajstić information content (AvgIpc) is 3.06. The van der Waals surface area contributed by atoms with Gasteiger partial charge in [0.1, 0.15) is 6.61 Å². The Morgan fingerprint density at radius 3 is 2.13 bits per heavy atom. The smallest absolute Gasteiger partial charge is 0.407 e. The van der Waals surface area contributed by atoms with Crippen LogP contribution in [-0.2, 0) is 14.3 Å². The first-order valence-electron chi connectivity index (χ1n) is 9.73. The first kappa shape index (κ1) is 21.3. The maximum atomic E-state index is 12.0. The number of alkyl carbamates (subject to hydrolysis) is 1. The molecule has 2 amide bonds. The number of carbonyl (C=O) groups is 3. The lowest BCUT2D eigenvalue weighted by molar-refractivity contribution is -0.147. The molecule has 1 atom stereocenters. The van der Waals surface area contributed by atoms with Gasteiger partial charge in [-0.25, -0.2) is 9.59 Å². The van der Waals surface area contributed by atoms with Gasteiger partial charge in [0, 0.05) is 31.8 Å². The summed E-state index contributed by atoms with van der Waals surface area (Å²) in [6.07, 6.45) is -2.18. The Labute approximate surface area is 173 Å². The highest BCUT2D eigenvalue weighted by Crippen LogP contribution is 2.44. The van der Waals surface area contributed by atoms with Gasteiger partial charge in [0.2, 0.25) is 5.91 Å². The quantitative estimate of drug-likeness (QED) is 0.498.